The summed E-state index contributed by atoms with van der Waals surface area (Å²) in [6, 6.07) is 6.65. The molecule has 0 aliphatic rings. The monoisotopic (exact) mass is 194 g/mol. The highest BCUT2D eigenvalue weighted by Crippen LogP contribution is 2.22. The van der Waals surface area contributed by atoms with E-state index in [4.69, 9.17) is 5.26 Å². The zero-order valence-corrected chi connectivity index (χ0v) is 8.60. The smallest absolute Gasteiger partial charge is 0.0845 e. The fraction of sp³-hybridized carbons (Fsp3) is 0.500. The number of nitriles is 1. The lowest BCUT2D eigenvalue weighted by Gasteiger charge is -2.13. The van der Waals surface area contributed by atoms with Gasteiger partial charge in [0.1, 0.15) is 0 Å². The maximum Gasteiger partial charge on any atom is 0.0845 e. The van der Waals surface area contributed by atoms with Crippen molar-refractivity contribution in [2.75, 3.05) is 6.54 Å². The predicted octanol–water partition coefficient (Wildman–Crippen LogP) is 2.70. The first-order valence-corrected chi connectivity index (χ1v) is 5.40. The van der Waals surface area contributed by atoms with Gasteiger partial charge in [0.15, 0.2) is 0 Å². The Hall–Kier alpha value is -0.850. The minimum atomic E-state index is 0.365. The Morgan fingerprint density at radius 3 is 3.08 bits per heavy atom. The number of nitrogens with one attached hydrogen (secondary N) is 1. The fourth-order valence-electron chi connectivity index (χ4n) is 1.29. The Morgan fingerprint density at radius 1 is 1.69 bits per heavy atom. The Kier molecular flexibility index (Phi) is 4.52. The van der Waals surface area contributed by atoms with Crippen molar-refractivity contribution in [2.24, 2.45) is 0 Å². The van der Waals surface area contributed by atoms with Crippen LogP contribution in [0.1, 0.15) is 30.7 Å². The van der Waals surface area contributed by atoms with Crippen molar-refractivity contribution in [2.45, 2.75) is 25.8 Å². The lowest BCUT2D eigenvalue weighted by molar-refractivity contribution is 0.531. The van der Waals surface area contributed by atoms with Gasteiger partial charge in [-0.05, 0) is 17.9 Å². The van der Waals surface area contributed by atoms with Crippen molar-refractivity contribution in [1.82, 2.24) is 5.32 Å². The van der Waals surface area contributed by atoms with Gasteiger partial charge >= 0.3 is 0 Å². The molecule has 0 amide bonds. The summed E-state index contributed by atoms with van der Waals surface area (Å²) < 4.78 is 0. The van der Waals surface area contributed by atoms with Crippen molar-refractivity contribution in [3.05, 3.63) is 22.4 Å². The van der Waals surface area contributed by atoms with Gasteiger partial charge in [-0.3, -0.25) is 5.32 Å². The van der Waals surface area contributed by atoms with Gasteiger partial charge in [-0.15, -0.1) is 11.3 Å². The first kappa shape index (κ1) is 10.2. The van der Waals surface area contributed by atoms with Crippen LogP contribution in [0.5, 0.6) is 0 Å². The molecular formula is C10H14N2S. The van der Waals surface area contributed by atoms with Gasteiger partial charge in [0.2, 0.25) is 0 Å². The van der Waals surface area contributed by atoms with Crippen LogP contribution in [-0.2, 0) is 0 Å². The third kappa shape index (κ3) is 3.17. The highest BCUT2D eigenvalue weighted by atomic mass is 32.1. The van der Waals surface area contributed by atoms with Crippen molar-refractivity contribution >= 4 is 11.3 Å². The highest BCUT2D eigenvalue weighted by Gasteiger charge is 2.09. The summed E-state index contributed by atoms with van der Waals surface area (Å²) in [5.41, 5.74) is 0. The predicted molar refractivity (Wildman–Crippen MR) is 55.6 cm³/mol. The molecule has 0 aliphatic carbocycles. The summed E-state index contributed by atoms with van der Waals surface area (Å²) >= 11 is 1.75. The molecule has 1 aromatic heterocycles. The summed E-state index contributed by atoms with van der Waals surface area (Å²) in [6.07, 6.45) is 2.24. The van der Waals surface area contributed by atoms with E-state index in [1.807, 2.05) is 0 Å². The molecule has 1 unspecified atom stereocenters. The van der Waals surface area contributed by atoms with Gasteiger partial charge in [-0.1, -0.05) is 19.4 Å². The van der Waals surface area contributed by atoms with E-state index in [-0.39, 0.29) is 0 Å². The van der Waals surface area contributed by atoms with Gasteiger partial charge in [0, 0.05) is 10.9 Å². The van der Waals surface area contributed by atoms with Crippen molar-refractivity contribution < 1.29 is 0 Å². The molecule has 1 aromatic rings. The molecule has 1 rings (SSSR count). The summed E-state index contributed by atoms with van der Waals surface area (Å²) in [5.74, 6) is 0. The quantitative estimate of drug-likeness (QED) is 0.731. The van der Waals surface area contributed by atoms with Gasteiger partial charge < -0.3 is 0 Å². The molecule has 0 radical (unpaired) electrons. The average Bonchev–Trinajstić information content (AvgIpc) is 2.65. The molecule has 1 atom stereocenters. The summed E-state index contributed by atoms with van der Waals surface area (Å²) in [6.45, 7) is 2.59. The minimum Gasteiger partial charge on any atom is -0.297 e. The van der Waals surface area contributed by atoms with Crippen molar-refractivity contribution in [1.29, 1.82) is 5.26 Å². The lowest BCUT2D eigenvalue weighted by atomic mass is 10.1. The fourth-order valence-corrected chi connectivity index (χ4v) is 2.13. The topological polar surface area (TPSA) is 35.8 Å². The maximum absolute atomic E-state index is 8.47. The van der Waals surface area contributed by atoms with Crippen LogP contribution in [0, 0.1) is 11.3 Å². The molecule has 0 bridgehead atoms. The van der Waals surface area contributed by atoms with Crippen LogP contribution in [0.2, 0.25) is 0 Å². The maximum atomic E-state index is 8.47. The third-order valence-corrected chi connectivity index (χ3v) is 2.88. The molecule has 70 valence electrons. The molecule has 0 saturated heterocycles. The van der Waals surface area contributed by atoms with Crippen molar-refractivity contribution in [3.63, 3.8) is 0 Å². The van der Waals surface area contributed by atoms with E-state index in [1.54, 1.807) is 11.3 Å². The van der Waals surface area contributed by atoms with E-state index in [1.165, 1.54) is 4.88 Å². The second-order valence-corrected chi connectivity index (χ2v) is 3.87. The zero-order valence-electron chi connectivity index (χ0n) is 7.79. The number of hydrogen-bond donors (Lipinski definition) is 1. The molecular weight excluding hydrogens is 180 g/mol. The van der Waals surface area contributed by atoms with E-state index in [0.717, 1.165) is 12.8 Å². The standard InChI is InChI=1S/C10H14N2S/c1-2-4-9(12-7-6-11)10-5-3-8-13-10/h3,5,8-9,12H,2,4,7H2,1H3. The molecule has 1 N–H and O–H groups in total. The normalized spacial score (nSPS) is 12.3. The molecule has 0 aliphatic heterocycles. The molecule has 3 heteroatoms. The number of hydrogen-bond acceptors (Lipinski definition) is 3. The van der Waals surface area contributed by atoms with Gasteiger partial charge in [-0.25, -0.2) is 0 Å². The largest absolute Gasteiger partial charge is 0.297 e. The lowest BCUT2D eigenvalue weighted by Crippen LogP contribution is -2.20. The van der Waals surface area contributed by atoms with Crippen molar-refractivity contribution in [3.8, 4) is 6.07 Å². The molecule has 0 fully saturated rings. The van der Waals surface area contributed by atoms with E-state index in [2.05, 4.69) is 35.8 Å². The van der Waals surface area contributed by atoms with Crippen LogP contribution < -0.4 is 5.32 Å². The van der Waals surface area contributed by atoms with Crippen LogP contribution in [0.3, 0.4) is 0 Å². The Bertz CT molecular complexity index is 261. The summed E-state index contributed by atoms with van der Waals surface area (Å²) in [4.78, 5) is 1.33. The second-order valence-electron chi connectivity index (χ2n) is 2.90. The first-order chi connectivity index (χ1) is 6.38. The van der Waals surface area contributed by atoms with Crippen LogP contribution in [0.25, 0.3) is 0 Å². The number of thiophene rings is 1. The Labute approximate surface area is 83.2 Å². The molecule has 0 spiro atoms. The second kappa shape index (κ2) is 5.74. The molecule has 1 heterocycles. The average molecular weight is 194 g/mol. The van der Waals surface area contributed by atoms with Gasteiger partial charge in [0.25, 0.3) is 0 Å². The van der Waals surface area contributed by atoms with Crippen LogP contribution in [0.15, 0.2) is 17.5 Å². The highest BCUT2D eigenvalue weighted by molar-refractivity contribution is 7.10. The zero-order chi connectivity index (χ0) is 9.52. The number of nitrogens with zero attached hydrogens (tertiary/aromatic N) is 1. The van der Waals surface area contributed by atoms with Crippen LogP contribution in [0.4, 0.5) is 0 Å². The van der Waals surface area contributed by atoms with E-state index < -0.39 is 0 Å². The molecule has 13 heavy (non-hydrogen) atoms. The summed E-state index contributed by atoms with van der Waals surface area (Å²) in [7, 11) is 0. The van der Waals surface area contributed by atoms with E-state index >= 15 is 0 Å². The van der Waals surface area contributed by atoms with Crippen LogP contribution in [-0.4, -0.2) is 6.54 Å². The molecule has 2 nitrogen and oxygen atoms in total. The van der Waals surface area contributed by atoms with E-state index in [9.17, 15) is 0 Å². The van der Waals surface area contributed by atoms with E-state index in [0.29, 0.717) is 12.6 Å². The first-order valence-electron chi connectivity index (χ1n) is 4.52. The Balaban J connectivity index is 2.53. The molecule has 0 aromatic carbocycles. The Morgan fingerprint density at radius 2 is 2.54 bits per heavy atom. The molecule has 0 saturated carbocycles. The summed E-state index contributed by atoms with van der Waals surface area (Å²) in [5, 5.41) is 13.8. The number of rotatable bonds is 5. The van der Waals surface area contributed by atoms with Crippen LogP contribution >= 0.6 is 11.3 Å². The van der Waals surface area contributed by atoms with Gasteiger partial charge in [-0.2, -0.15) is 5.26 Å². The third-order valence-electron chi connectivity index (χ3n) is 1.89. The minimum absolute atomic E-state index is 0.365. The SMILES string of the molecule is CCCC(NCC#N)c1cccs1. The van der Waals surface area contributed by atoms with Gasteiger partial charge in [0.05, 0.1) is 12.6 Å².